The SMILES string of the molecule is C=C(NC(CC1CC1)[C@@H](C)/C=C\CCCCC)C1CCCN1C.C=CN.CO.Cc1cc(=O)c2cc(/C=C/CCC(C)CCCC=O)c(C)cc2[nH]1.NS. The van der Waals surface area contributed by atoms with Crippen molar-refractivity contribution < 1.29 is 9.90 Å². The smallest absolute Gasteiger partial charge is 0.189 e. The fraction of sp³-hybridized carbons (Fsp3) is 0.600. The molecule has 1 saturated carbocycles. The molecule has 8 nitrogen and oxygen atoms in total. The molecule has 306 valence electrons. The van der Waals surface area contributed by atoms with Crippen LogP contribution in [0, 0.1) is 31.6 Å². The predicted octanol–water partition coefficient (Wildman–Crippen LogP) is 9.56. The van der Waals surface area contributed by atoms with Gasteiger partial charge >= 0.3 is 0 Å². The number of aldehydes is 1. The second-order valence-corrected chi connectivity index (χ2v) is 14.9. The highest BCUT2D eigenvalue weighted by Crippen LogP contribution is 2.35. The summed E-state index contributed by atoms with van der Waals surface area (Å²) >= 11 is 3.03. The third-order valence-corrected chi connectivity index (χ3v) is 10.1. The van der Waals surface area contributed by atoms with Crippen LogP contribution in [0.15, 0.2) is 66.3 Å². The number of carbonyl (C=O) groups excluding carboxylic acids is 1. The van der Waals surface area contributed by atoms with E-state index in [0.717, 1.165) is 67.2 Å². The fourth-order valence-electron chi connectivity index (χ4n) is 6.78. The van der Waals surface area contributed by atoms with Crippen LogP contribution in [0.1, 0.15) is 127 Å². The summed E-state index contributed by atoms with van der Waals surface area (Å²) in [5.74, 6) is 2.19. The van der Waals surface area contributed by atoms with Crippen molar-refractivity contribution in [3.05, 3.63) is 88.5 Å². The van der Waals surface area contributed by atoms with E-state index in [-0.39, 0.29) is 5.43 Å². The van der Waals surface area contributed by atoms with Crippen LogP contribution in [0.3, 0.4) is 0 Å². The summed E-state index contributed by atoms with van der Waals surface area (Å²) < 4.78 is 0. The molecule has 9 heteroatoms. The predicted molar refractivity (Wildman–Crippen MR) is 239 cm³/mol. The summed E-state index contributed by atoms with van der Waals surface area (Å²) in [4.78, 5) is 28.2. The number of likely N-dealkylation sites (N-methyl/N-ethyl adjacent to an activating group) is 1. The van der Waals surface area contributed by atoms with Crippen LogP contribution in [0.2, 0.25) is 0 Å². The quantitative estimate of drug-likeness (QED) is 0.0363. The number of likely N-dealkylation sites (tertiary alicyclic amines) is 1. The number of aromatic amines is 1. The zero-order valence-electron chi connectivity index (χ0n) is 34.9. The van der Waals surface area contributed by atoms with Crippen LogP contribution in [-0.2, 0) is 4.79 Å². The highest BCUT2D eigenvalue weighted by Gasteiger charge is 2.30. The Morgan fingerprint density at radius 2 is 1.74 bits per heavy atom. The molecule has 0 amide bonds. The van der Waals surface area contributed by atoms with E-state index in [4.69, 9.17) is 5.11 Å². The number of thiol groups is 1. The lowest BCUT2D eigenvalue weighted by atomic mass is 9.94. The summed E-state index contributed by atoms with van der Waals surface area (Å²) in [5, 5.41) is 15.8. The van der Waals surface area contributed by atoms with Gasteiger partial charge in [0, 0.05) is 54.0 Å². The molecule has 0 bridgehead atoms. The Morgan fingerprint density at radius 1 is 1.06 bits per heavy atom. The summed E-state index contributed by atoms with van der Waals surface area (Å²) in [6, 6.07) is 6.77. The van der Waals surface area contributed by atoms with Crippen LogP contribution < -0.4 is 21.6 Å². The highest BCUT2D eigenvalue weighted by atomic mass is 32.1. The standard InChI is InChI=1S/C21H38N2.C21H27NO2.C2H5N.CH4O.H3NS/c1-5-6-7-8-9-11-17(2)20(16-19-13-14-19)22-18(3)21-12-10-15-23(21)4;1-15(9-6-7-11-23)8-4-5-10-18-14-19-20(12-16(18)2)22-17(3)13-21(19)24;1-2-3;2*1-2/h9,11,17,19-22H,3,5-8,10,12-16H2,1-2,4H3;5,10-15H,4,6-9H2,1-3H3,(H,22,24);2H,1,3H2;2H,1H3;2H,1H2/b11-9-;10-5+;;;/t17-,20?,21?;;;;/m0..../s1. The number of H-pyrrole nitrogens is 1. The van der Waals surface area contributed by atoms with Gasteiger partial charge in [-0.3, -0.25) is 14.8 Å². The first-order valence-corrected chi connectivity index (χ1v) is 20.7. The van der Waals surface area contributed by atoms with Crippen LogP contribution in [0.25, 0.3) is 17.0 Å². The second-order valence-electron chi connectivity index (χ2n) is 14.9. The molecule has 1 aromatic carbocycles. The number of nitrogens with one attached hydrogen (secondary N) is 2. The number of benzene rings is 1. The van der Waals surface area contributed by atoms with Crippen LogP contribution in [0.4, 0.5) is 0 Å². The Balaban J connectivity index is 0.000000893. The molecule has 2 aromatic rings. The lowest BCUT2D eigenvalue weighted by Crippen LogP contribution is -2.40. The second kappa shape index (κ2) is 31.1. The van der Waals surface area contributed by atoms with Gasteiger partial charge in [-0.25, -0.2) is 0 Å². The number of nitrogens with two attached hydrogens (primary N) is 2. The van der Waals surface area contributed by atoms with Crippen LogP contribution in [-0.4, -0.2) is 54.1 Å². The van der Waals surface area contributed by atoms with Crippen molar-refractivity contribution in [1.29, 1.82) is 0 Å². The normalized spacial score (nSPS) is 16.7. The molecular weight excluding hydrogens is 691 g/mol. The molecule has 1 saturated heterocycles. The number of rotatable bonds is 19. The maximum atomic E-state index is 12.1. The number of carbonyl (C=O) groups is 1. The molecule has 4 rings (SSSR count). The van der Waals surface area contributed by atoms with Gasteiger partial charge in [0.05, 0.1) is 0 Å². The summed E-state index contributed by atoms with van der Waals surface area (Å²) in [5.41, 5.74) is 9.99. The van der Waals surface area contributed by atoms with Gasteiger partial charge in [-0.05, 0) is 126 Å². The van der Waals surface area contributed by atoms with Crippen molar-refractivity contribution in [2.45, 2.75) is 137 Å². The number of unbranched alkanes of at least 4 members (excludes halogenated alkanes) is 4. The third-order valence-electron chi connectivity index (χ3n) is 10.1. The molecular formula is C45H77N5O3S. The van der Waals surface area contributed by atoms with Gasteiger partial charge in [-0.15, -0.1) is 12.8 Å². The minimum absolute atomic E-state index is 0.0692. The van der Waals surface area contributed by atoms with Crippen molar-refractivity contribution >= 4 is 36.1 Å². The topological polar surface area (TPSA) is 137 Å². The molecule has 2 heterocycles. The lowest BCUT2D eigenvalue weighted by Gasteiger charge is -2.30. The Hall–Kier alpha value is -3.11. The molecule has 0 spiro atoms. The Bertz CT molecular complexity index is 1430. The number of aliphatic hydroxyl groups is 1. The molecule has 4 atom stereocenters. The van der Waals surface area contributed by atoms with Gasteiger partial charge in [0.25, 0.3) is 0 Å². The third kappa shape index (κ3) is 21.1. The number of aliphatic hydroxyl groups excluding tert-OH is 1. The Morgan fingerprint density at radius 3 is 2.33 bits per heavy atom. The van der Waals surface area contributed by atoms with Crippen molar-refractivity contribution in [1.82, 2.24) is 15.2 Å². The Kier molecular flexibility index (Phi) is 29.3. The number of nitrogens with zero attached hydrogens (tertiary/aromatic N) is 1. The molecule has 2 fully saturated rings. The van der Waals surface area contributed by atoms with E-state index in [1.54, 1.807) is 6.07 Å². The fourth-order valence-corrected chi connectivity index (χ4v) is 6.78. The number of fused-ring (bicyclic) bond motifs is 1. The molecule has 3 unspecified atom stereocenters. The molecule has 1 aromatic heterocycles. The van der Waals surface area contributed by atoms with E-state index in [1.807, 2.05) is 19.1 Å². The number of hydrogen-bond donors (Lipinski definition) is 6. The monoisotopic (exact) mass is 768 g/mol. The van der Waals surface area contributed by atoms with Crippen LogP contribution in [0.5, 0.6) is 0 Å². The average molecular weight is 768 g/mol. The van der Waals surface area contributed by atoms with Gasteiger partial charge in [0.1, 0.15) is 6.29 Å². The molecule has 0 radical (unpaired) electrons. The summed E-state index contributed by atoms with van der Waals surface area (Å²) in [6.07, 6.45) is 28.3. The van der Waals surface area contributed by atoms with Crippen molar-refractivity contribution in [3.63, 3.8) is 0 Å². The number of pyridine rings is 1. The van der Waals surface area contributed by atoms with Crippen LogP contribution >= 0.6 is 12.8 Å². The van der Waals surface area contributed by atoms with Crippen molar-refractivity contribution in [3.8, 4) is 0 Å². The van der Waals surface area contributed by atoms with E-state index in [1.165, 1.54) is 81.8 Å². The summed E-state index contributed by atoms with van der Waals surface area (Å²) in [6.45, 7) is 19.6. The maximum absolute atomic E-state index is 12.1. The van der Waals surface area contributed by atoms with Gasteiger partial charge < -0.3 is 25.9 Å². The number of aromatic nitrogens is 1. The van der Waals surface area contributed by atoms with Crippen molar-refractivity contribution in [2.24, 2.45) is 28.6 Å². The van der Waals surface area contributed by atoms with E-state index in [2.05, 4.69) is 111 Å². The number of allylic oxidation sites excluding steroid dienone is 2. The largest absolute Gasteiger partial charge is 0.405 e. The minimum atomic E-state index is 0.0692. The average Bonchev–Trinajstić information content (AvgIpc) is 3.87. The molecule has 2 aliphatic rings. The molecule has 7 N–H and O–H groups in total. The van der Waals surface area contributed by atoms with Gasteiger partial charge in [-0.1, -0.05) is 90.3 Å². The first kappa shape index (κ1) is 50.9. The lowest BCUT2D eigenvalue weighted by molar-refractivity contribution is -0.108. The molecule has 1 aliphatic carbocycles. The number of hydrogen-bond acceptors (Lipinski definition) is 8. The Labute approximate surface area is 334 Å². The van der Waals surface area contributed by atoms with Gasteiger partial charge in [-0.2, -0.15) is 0 Å². The van der Waals surface area contributed by atoms with E-state index in [0.29, 0.717) is 30.3 Å². The zero-order chi connectivity index (χ0) is 40.9. The van der Waals surface area contributed by atoms with Gasteiger partial charge in [0.15, 0.2) is 5.43 Å². The number of aryl methyl sites for hydroxylation is 2. The summed E-state index contributed by atoms with van der Waals surface area (Å²) in [7, 11) is 3.23. The van der Waals surface area contributed by atoms with E-state index < -0.39 is 0 Å². The van der Waals surface area contributed by atoms with E-state index >= 15 is 0 Å². The maximum Gasteiger partial charge on any atom is 0.189 e. The van der Waals surface area contributed by atoms with E-state index in [9.17, 15) is 9.59 Å². The first-order chi connectivity index (χ1) is 26.0. The van der Waals surface area contributed by atoms with Gasteiger partial charge in [0.2, 0.25) is 0 Å². The molecule has 1 aliphatic heterocycles. The van der Waals surface area contributed by atoms with Crippen molar-refractivity contribution in [2.75, 3.05) is 20.7 Å². The highest BCUT2D eigenvalue weighted by molar-refractivity contribution is 7.77. The molecule has 54 heavy (non-hydrogen) atoms. The minimum Gasteiger partial charge on any atom is -0.405 e. The zero-order valence-corrected chi connectivity index (χ0v) is 35.8. The first-order valence-electron chi connectivity index (χ1n) is 20.1.